The van der Waals surface area contributed by atoms with Crippen LogP contribution < -0.4 is 5.46 Å². The minimum absolute atomic E-state index is 0.525. The number of hydrogen-bond acceptors (Lipinski definition) is 2. The Morgan fingerprint density at radius 2 is 1.62 bits per heavy atom. The van der Waals surface area contributed by atoms with Gasteiger partial charge in [0.25, 0.3) is 0 Å². The predicted molar refractivity (Wildman–Crippen MR) is 66.4 cm³/mol. The van der Waals surface area contributed by atoms with Crippen LogP contribution in [0.3, 0.4) is 0 Å². The minimum Gasteiger partial charge on any atom is -0.423 e. The molecule has 2 rings (SSSR count). The Labute approximate surface area is 95.3 Å². The highest BCUT2D eigenvalue weighted by molar-refractivity contribution is 6.58. The van der Waals surface area contributed by atoms with Crippen LogP contribution in [0.15, 0.2) is 48.5 Å². The normalized spacial score (nSPS) is 10.2. The molecule has 0 aliphatic rings. The summed E-state index contributed by atoms with van der Waals surface area (Å²) in [6.45, 7) is 1.97. The van der Waals surface area contributed by atoms with Gasteiger partial charge in [-0.05, 0) is 29.1 Å². The topological polar surface area (TPSA) is 40.5 Å². The summed E-state index contributed by atoms with van der Waals surface area (Å²) in [5.41, 5.74) is 3.82. The van der Waals surface area contributed by atoms with Gasteiger partial charge in [-0.25, -0.2) is 0 Å². The van der Waals surface area contributed by atoms with Crippen molar-refractivity contribution in [3.63, 3.8) is 0 Å². The Balaban J connectivity index is 2.45. The molecule has 0 atom stereocenters. The molecule has 16 heavy (non-hydrogen) atoms. The first-order chi connectivity index (χ1) is 7.68. The van der Waals surface area contributed by atoms with Crippen molar-refractivity contribution >= 4 is 12.6 Å². The maximum absolute atomic E-state index is 9.07. The molecule has 0 aromatic heterocycles. The fourth-order valence-corrected chi connectivity index (χ4v) is 1.79. The first kappa shape index (κ1) is 10.9. The van der Waals surface area contributed by atoms with Crippen LogP contribution in [0.1, 0.15) is 5.56 Å². The number of rotatable bonds is 2. The highest BCUT2D eigenvalue weighted by atomic mass is 16.4. The third-order valence-electron chi connectivity index (χ3n) is 2.63. The van der Waals surface area contributed by atoms with Crippen LogP contribution in [0.4, 0.5) is 0 Å². The lowest BCUT2D eigenvalue weighted by Gasteiger charge is -2.08. The molecule has 0 heterocycles. The van der Waals surface area contributed by atoms with Crippen molar-refractivity contribution in [1.29, 1.82) is 0 Å². The second-order valence-electron chi connectivity index (χ2n) is 3.81. The fourth-order valence-electron chi connectivity index (χ4n) is 1.79. The van der Waals surface area contributed by atoms with Crippen molar-refractivity contribution in [2.75, 3.05) is 0 Å². The molecule has 0 radical (unpaired) electrons. The van der Waals surface area contributed by atoms with Gasteiger partial charge in [0.2, 0.25) is 0 Å². The standard InChI is InChI=1S/C13H13BO2/c1-10-9-12(14(15)16)7-8-13(10)11-5-3-2-4-6-11/h2-9,15-16H,1H3. The van der Waals surface area contributed by atoms with Crippen LogP contribution in [0.2, 0.25) is 0 Å². The summed E-state index contributed by atoms with van der Waals surface area (Å²) in [5, 5.41) is 18.1. The van der Waals surface area contributed by atoms with E-state index < -0.39 is 7.12 Å². The molecule has 2 aromatic rings. The summed E-state index contributed by atoms with van der Waals surface area (Å²) >= 11 is 0. The average Bonchev–Trinajstić information content (AvgIpc) is 2.30. The predicted octanol–water partition coefficient (Wildman–Crippen LogP) is 1.34. The zero-order chi connectivity index (χ0) is 11.5. The highest BCUT2D eigenvalue weighted by Gasteiger charge is 2.12. The lowest BCUT2D eigenvalue weighted by atomic mass is 9.78. The number of aryl methyl sites for hydroxylation is 1. The van der Waals surface area contributed by atoms with Crippen molar-refractivity contribution in [3.8, 4) is 11.1 Å². The van der Waals surface area contributed by atoms with Gasteiger partial charge >= 0.3 is 7.12 Å². The van der Waals surface area contributed by atoms with Crippen molar-refractivity contribution in [2.24, 2.45) is 0 Å². The first-order valence-corrected chi connectivity index (χ1v) is 5.20. The van der Waals surface area contributed by atoms with Gasteiger partial charge in [0.1, 0.15) is 0 Å². The summed E-state index contributed by atoms with van der Waals surface area (Å²) in [7, 11) is -1.40. The largest absolute Gasteiger partial charge is 0.488 e. The van der Waals surface area contributed by atoms with Crippen molar-refractivity contribution < 1.29 is 10.0 Å². The zero-order valence-corrected chi connectivity index (χ0v) is 9.09. The molecular weight excluding hydrogens is 199 g/mol. The lowest BCUT2D eigenvalue weighted by molar-refractivity contribution is 0.426. The summed E-state index contributed by atoms with van der Waals surface area (Å²) < 4.78 is 0. The van der Waals surface area contributed by atoms with Crippen molar-refractivity contribution in [1.82, 2.24) is 0 Å². The van der Waals surface area contributed by atoms with Gasteiger partial charge in [-0.15, -0.1) is 0 Å². The van der Waals surface area contributed by atoms with E-state index in [2.05, 4.69) is 0 Å². The molecule has 2 aromatic carbocycles. The molecule has 0 spiro atoms. The number of hydrogen-bond donors (Lipinski definition) is 2. The smallest absolute Gasteiger partial charge is 0.423 e. The van der Waals surface area contributed by atoms with E-state index in [0.717, 1.165) is 16.7 Å². The Bertz CT molecular complexity index is 481. The second-order valence-corrected chi connectivity index (χ2v) is 3.81. The lowest BCUT2D eigenvalue weighted by Crippen LogP contribution is -2.29. The third kappa shape index (κ3) is 2.16. The van der Waals surface area contributed by atoms with E-state index in [4.69, 9.17) is 10.0 Å². The average molecular weight is 212 g/mol. The molecule has 0 saturated carbocycles. The summed E-state index contributed by atoms with van der Waals surface area (Å²) in [5.74, 6) is 0. The zero-order valence-electron chi connectivity index (χ0n) is 9.09. The van der Waals surface area contributed by atoms with Crippen molar-refractivity contribution in [3.05, 3.63) is 54.1 Å². The van der Waals surface area contributed by atoms with E-state index in [9.17, 15) is 0 Å². The van der Waals surface area contributed by atoms with E-state index in [-0.39, 0.29) is 0 Å². The maximum Gasteiger partial charge on any atom is 0.488 e. The van der Waals surface area contributed by atoms with Crippen molar-refractivity contribution in [2.45, 2.75) is 6.92 Å². The van der Waals surface area contributed by atoms with E-state index in [0.29, 0.717) is 5.46 Å². The SMILES string of the molecule is Cc1cc(B(O)O)ccc1-c1ccccc1. The van der Waals surface area contributed by atoms with Gasteiger partial charge < -0.3 is 10.0 Å². The summed E-state index contributed by atoms with van der Waals surface area (Å²) in [6, 6.07) is 15.5. The quantitative estimate of drug-likeness (QED) is 0.737. The molecule has 80 valence electrons. The molecule has 0 aliphatic heterocycles. The van der Waals surface area contributed by atoms with Crippen LogP contribution in [-0.4, -0.2) is 17.2 Å². The molecular formula is C13H13BO2. The first-order valence-electron chi connectivity index (χ1n) is 5.20. The van der Waals surface area contributed by atoms with Gasteiger partial charge in [-0.2, -0.15) is 0 Å². The van der Waals surface area contributed by atoms with Gasteiger partial charge in [-0.3, -0.25) is 0 Å². The van der Waals surface area contributed by atoms with E-state index in [1.807, 2.05) is 43.3 Å². The van der Waals surface area contributed by atoms with E-state index in [1.165, 1.54) is 0 Å². The Morgan fingerprint density at radius 1 is 0.938 bits per heavy atom. The highest BCUT2D eigenvalue weighted by Crippen LogP contribution is 2.21. The summed E-state index contributed by atoms with van der Waals surface area (Å²) in [6.07, 6.45) is 0. The molecule has 0 unspecified atom stereocenters. The monoisotopic (exact) mass is 212 g/mol. The molecule has 0 saturated heterocycles. The van der Waals surface area contributed by atoms with Crippen LogP contribution in [0.25, 0.3) is 11.1 Å². The van der Waals surface area contributed by atoms with Crippen LogP contribution in [0.5, 0.6) is 0 Å². The van der Waals surface area contributed by atoms with Crippen LogP contribution in [-0.2, 0) is 0 Å². The summed E-state index contributed by atoms with van der Waals surface area (Å²) in [4.78, 5) is 0. The molecule has 0 amide bonds. The Morgan fingerprint density at radius 3 is 2.19 bits per heavy atom. The van der Waals surface area contributed by atoms with E-state index >= 15 is 0 Å². The molecule has 0 aliphatic carbocycles. The Kier molecular flexibility index (Phi) is 3.08. The van der Waals surface area contributed by atoms with Crippen LogP contribution >= 0.6 is 0 Å². The third-order valence-corrected chi connectivity index (χ3v) is 2.63. The molecule has 2 N–H and O–H groups in total. The van der Waals surface area contributed by atoms with E-state index in [1.54, 1.807) is 12.1 Å². The Hall–Kier alpha value is -1.58. The molecule has 0 bridgehead atoms. The fraction of sp³-hybridized carbons (Fsp3) is 0.0769. The van der Waals surface area contributed by atoms with Gasteiger partial charge in [0, 0.05) is 0 Å². The minimum atomic E-state index is -1.40. The number of benzene rings is 2. The second kappa shape index (κ2) is 4.52. The molecule has 0 fully saturated rings. The van der Waals surface area contributed by atoms with Crippen LogP contribution in [0, 0.1) is 6.92 Å². The van der Waals surface area contributed by atoms with Gasteiger partial charge in [0.05, 0.1) is 0 Å². The molecule has 3 heteroatoms. The maximum atomic E-state index is 9.07. The van der Waals surface area contributed by atoms with Gasteiger partial charge in [0.15, 0.2) is 0 Å². The molecule has 2 nitrogen and oxygen atoms in total. The van der Waals surface area contributed by atoms with Gasteiger partial charge in [-0.1, -0.05) is 48.5 Å².